The van der Waals surface area contributed by atoms with Crippen molar-refractivity contribution in [2.24, 2.45) is 0 Å². The molecule has 2 N–H and O–H groups in total. The standard InChI is InChI=1S/C24H23FN4O/c1-15(2)20-12-23(29-22-10-9-19(26-4)11-16(22)3)27-14-21(20)24(30)28-13-17-5-7-18(25)8-6-17/h5-12,14-15H,13H2,1-3H3,(H,27,29)(H,28,30). The maximum atomic E-state index is 13.0. The quantitative estimate of drug-likeness (QED) is 0.507. The topological polar surface area (TPSA) is 58.4 Å². The molecule has 0 spiro atoms. The summed E-state index contributed by atoms with van der Waals surface area (Å²) >= 11 is 0. The molecule has 3 rings (SSSR count). The van der Waals surface area contributed by atoms with Crippen molar-refractivity contribution in [1.82, 2.24) is 10.3 Å². The van der Waals surface area contributed by atoms with Crippen LogP contribution in [0.4, 0.5) is 21.6 Å². The van der Waals surface area contributed by atoms with Crippen LogP contribution >= 0.6 is 0 Å². The zero-order valence-electron chi connectivity index (χ0n) is 17.2. The lowest BCUT2D eigenvalue weighted by Gasteiger charge is -2.16. The lowest BCUT2D eigenvalue weighted by molar-refractivity contribution is 0.0949. The first kappa shape index (κ1) is 21.0. The van der Waals surface area contributed by atoms with Crippen LogP contribution in [0.25, 0.3) is 4.85 Å². The Hall–Kier alpha value is -3.72. The summed E-state index contributed by atoms with van der Waals surface area (Å²) in [5, 5.41) is 6.14. The Bertz CT molecular complexity index is 1100. The molecule has 0 aliphatic rings. The number of hydrogen-bond donors (Lipinski definition) is 2. The molecule has 30 heavy (non-hydrogen) atoms. The monoisotopic (exact) mass is 402 g/mol. The van der Waals surface area contributed by atoms with Crippen molar-refractivity contribution in [3.05, 3.63) is 94.2 Å². The molecule has 0 saturated carbocycles. The van der Waals surface area contributed by atoms with Crippen molar-refractivity contribution in [2.45, 2.75) is 33.2 Å². The number of carbonyl (C=O) groups is 1. The van der Waals surface area contributed by atoms with Gasteiger partial charge >= 0.3 is 0 Å². The Kier molecular flexibility index (Phi) is 6.43. The van der Waals surface area contributed by atoms with E-state index in [-0.39, 0.29) is 17.6 Å². The van der Waals surface area contributed by atoms with Crippen LogP contribution in [-0.4, -0.2) is 10.9 Å². The third-order valence-electron chi connectivity index (χ3n) is 4.77. The van der Waals surface area contributed by atoms with E-state index in [1.165, 1.54) is 12.1 Å². The van der Waals surface area contributed by atoms with Gasteiger partial charge in [0.25, 0.3) is 5.91 Å². The van der Waals surface area contributed by atoms with Gasteiger partial charge in [-0.05, 0) is 53.8 Å². The number of anilines is 2. The predicted molar refractivity (Wildman–Crippen MR) is 117 cm³/mol. The Morgan fingerprint density at radius 3 is 2.53 bits per heavy atom. The summed E-state index contributed by atoms with van der Waals surface area (Å²) in [6, 6.07) is 13.3. The van der Waals surface area contributed by atoms with E-state index in [0.29, 0.717) is 23.6 Å². The van der Waals surface area contributed by atoms with Gasteiger partial charge in [0, 0.05) is 18.4 Å². The fourth-order valence-corrected chi connectivity index (χ4v) is 3.08. The summed E-state index contributed by atoms with van der Waals surface area (Å²) in [5.74, 6) is 0.219. The summed E-state index contributed by atoms with van der Waals surface area (Å²) in [5.41, 5.74) is 4.59. The second kappa shape index (κ2) is 9.19. The highest BCUT2D eigenvalue weighted by atomic mass is 19.1. The van der Waals surface area contributed by atoms with E-state index < -0.39 is 0 Å². The van der Waals surface area contributed by atoms with Crippen molar-refractivity contribution in [2.75, 3.05) is 5.32 Å². The van der Waals surface area contributed by atoms with E-state index >= 15 is 0 Å². The normalized spacial score (nSPS) is 10.5. The van der Waals surface area contributed by atoms with Crippen LogP contribution in [0.3, 0.4) is 0 Å². The lowest BCUT2D eigenvalue weighted by atomic mass is 9.98. The van der Waals surface area contributed by atoms with Crippen LogP contribution in [0.2, 0.25) is 0 Å². The molecule has 6 heteroatoms. The number of halogens is 1. The van der Waals surface area contributed by atoms with Crippen molar-refractivity contribution in [1.29, 1.82) is 0 Å². The first-order valence-electron chi connectivity index (χ1n) is 9.65. The number of rotatable bonds is 6. The number of aryl methyl sites for hydroxylation is 1. The molecular formula is C24H23FN4O. The van der Waals surface area contributed by atoms with Gasteiger partial charge in [-0.15, -0.1) is 0 Å². The molecule has 3 aromatic rings. The minimum Gasteiger partial charge on any atom is -0.348 e. The van der Waals surface area contributed by atoms with Crippen molar-refractivity contribution >= 4 is 23.1 Å². The molecule has 0 aliphatic carbocycles. The molecule has 1 amide bonds. The van der Waals surface area contributed by atoms with Crippen molar-refractivity contribution < 1.29 is 9.18 Å². The Balaban J connectivity index is 1.78. The highest BCUT2D eigenvalue weighted by Crippen LogP contribution is 2.27. The average molecular weight is 402 g/mol. The summed E-state index contributed by atoms with van der Waals surface area (Å²) in [4.78, 5) is 20.6. The van der Waals surface area contributed by atoms with Crippen LogP contribution in [0.5, 0.6) is 0 Å². The van der Waals surface area contributed by atoms with Gasteiger partial charge in [-0.1, -0.05) is 38.1 Å². The minimum atomic E-state index is -0.307. The molecule has 1 aromatic heterocycles. The summed E-state index contributed by atoms with van der Waals surface area (Å²) in [6.07, 6.45) is 1.57. The maximum absolute atomic E-state index is 13.0. The number of nitrogens with one attached hydrogen (secondary N) is 2. The first-order chi connectivity index (χ1) is 14.4. The number of carbonyl (C=O) groups excluding carboxylic acids is 1. The third-order valence-corrected chi connectivity index (χ3v) is 4.77. The molecule has 152 valence electrons. The van der Waals surface area contributed by atoms with E-state index in [1.807, 2.05) is 39.0 Å². The van der Waals surface area contributed by atoms with Crippen LogP contribution in [0.15, 0.2) is 54.7 Å². The zero-order valence-corrected chi connectivity index (χ0v) is 17.2. The second-order valence-corrected chi connectivity index (χ2v) is 7.36. The summed E-state index contributed by atoms with van der Waals surface area (Å²) in [7, 11) is 0. The summed E-state index contributed by atoms with van der Waals surface area (Å²) < 4.78 is 13.0. The smallest absolute Gasteiger partial charge is 0.253 e. The number of aromatic nitrogens is 1. The van der Waals surface area contributed by atoms with Crippen molar-refractivity contribution in [3.8, 4) is 0 Å². The maximum Gasteiger partial charge on any atom is 0.253 e. The van der Waals surface area contributed by atoms with Gasteiger partial charge in [-0.3, -0.25) is 4.79 Å². The van der Waals surface area contributed by atoms with E-state index in [4.69, 9.17) is 6.57 Å². The van der Waals surface area contributed by atoms with E-state index in [2.05, 4.69) is 20.5 Å². The highest BCUT2D eigenvalue weighted by molar-refractivity contribution is 5.95. The van der Waals surface area contributed by atoms with Gasteiger partial charge in [0.15, 0.2) is 5.69 Å². The highest BCUT2D eigenvalue weighted by Gasteiger charge is 2.16. The largest absolute Gasteiger partial charge is 0.348 e. The molecule has 2 aromatic carbocycles. The fourth-order valence-electron chi connectivity index (χ4n) is 3.08. The van der Waals surface area contributed by atoms with Crippen molar-refractivity contribution in [3.63, 3.8) is 0 Å². The molecule has 0 atom stereocenters. The molecule has 0 radical (unpaired) electrons. The van der Waals surface area contributed by atoms with Gasteiger partial charge in [0.2, 0.25) is 0 Å². The number of pyridine rings is 1. The minimum absolute atomic E-state index is 0.116. The van der Waals surface area contributed by atoms with Gasteiger partial charge in [0.05, 0.1) is 12.1 Å². The number of nitrogens with zero attached hydrogens (tertiary/aromatic N) is 2. The van der Waals surface area contributed by atoms with Gasteiger partial charge in [-0.2, -0.15) is 0 Å². The molecule has 0 fully saturated rings. The Labute approximate surface area is 175 Å². The fraction of sp³-hybridized carbons (Fsp3) is 0.208. The number of amides is 1. The SMILES string of the molecule is [C-]#[N+]c1ccc(Nc2cc(C(C)C)c(C(=O)NCc3ccc(F)cc3)cn2)c(C)c1. The molecule has 0 bridgehead atoms. The third kappa shape index (κ3) is 5.00. The number of benzene rings is 2. The van der Waals surface area contributed by atoms with Crippen LogP contribution in [0.1, 0.15) is 46.8 Å². The zero-order chi connectivity index (χ0) is 21.7. The van der Waals surface area contributed by atoms with E-state index in [0.717, 1.165) is 22.4 Å². The summed E-state index contributed by atoms with van der Waals surface area (Å²) in [6.45, 7) is 13.4. The van der Waals surface area contributed by atoms with E-state index in [9.17, 15) is 9.18 Å². The lowest BCUT2D eigenvalue weighted by Crippen LogP contribution is -2.24. The molecule has 1 heterocycles. The molecule has 0 unspecified atom stereocenters. The molecule has 0 aliphatic heterocycles. The predicted octanol–water partition coefficient (Wildman–Crippen LogP) is 5.88. The molecular weight excluding hydrogens is 379 g/mol. The average Bonchev–Trinajstić information content (AvgIpc) is 2.74. The van der Waals surface area contributed by atoms with Gasteiger partial charge in [0.1, 0.15) is 11.6 Å². The molecule has 0 saturated heterocycles. The van der Waals surface area contributed by atoms with Crippen LogP contribution in [0, 0.1) is 19.3 Å². The van der Waals surface area contributed by atoms with Gasteiger partial charge in [-0.25, -0.2) is 14.2 Å². The second-order valence-electron chi connectivity index (χ2n) is 7.36. The number of hydrogen-bond acceptors (Lipinski definition) is 3. The molecule has 5 nitrogen and oxygen atoms in total. The Morgan fingerprint density at radius 1 is 1.17 bits per heavy atom. The van der Waals surface area contributed by atoms with Crippen LogP contribution < -0.4 is 10.6 Å². The van der Waals surface area contributed by atoms with E-state index in [1.54, 1.807) is 24.4 Å². The Morgan fingerprint density at radius 2 is 1.90 bits per heavy atom. The van der Waals surface area contributed by atoms with Gasteiger partial charge < -0.3 is 10.6 Å². The van der Waals surface area contributed by atoms with Crippen LogP contribution in [-0.2, 0) is 6.54 Å². The first-order valence-corrected chi connectivity index (χ1v) is 9.65.